The maximum atomic E-state index is 13.5. The molecule has 0 fully saturated rings. The summed E-state index contributed by atoms with van der Waals surface area (Å²) in [4.78, 5) is 11.4. The van der Waals surface area contributed by atoms with Crippen LogP contribution in [-0.4, -0.2) is 11.9 Å². The minimum Gasteiger partial charge on any atom is -0.379 e. The molecule has 0 spiro atoms. The van der Waals surface area contributed by atoms with Crippen LogP contribution in [0.1, 0.15) is 13.3 Å². The first kappa shape index (κ1) is 10.4. The van der Waals surface area contributed by atoms with Crippen LogP contribution in [0.2, 0.25) is 0 Å². The molecule has 80 valence electrons. The zero-order valence-electron chi connectivity index (χ0n) is 8.10. The average Bonchev–Trinajstić information content (AvgIpc) is 2.31. The van der Waals surface area contributed by atoms with Gasteiger partial charge in [0.2, 0.25) is 5.91 Å². The van der Waals surface area contributed by atoms with E-state index in [9.17, 15) is 9.18 Å². The van der Waals surface area contributed by atoms with Crippen molar-refractivity contribution in [2.24, 2.45) is 0 Å². The van der Waals surface area contributed by atoms with Gasteiger partial charge in [0.1, 0.15) is 11.5 Å². The Morgan fingerprint density at radius 3 is 2.93 bits per heavy atom. The number of carbonyl (C=O) groups excluding carboxylic acids is 1. The number of amides is 1. The first-order valence-electron chi connectivity index (χ1n) is 4.62. The molecule has 0 aromatic heterocycles. The summed E-state index contributed by atoms with van der Waals surface area (Å²) in [5.41, 5.74) is 0.826. The lowest BCUT2D eigenvalue weighted by Crippen LogP contribution is -2.19. The van der Waals surface area contributed by atoms with Crippen molar-refractivity contribution in [2.45, 2.75) is 19.4 Å². The molecule has 1 aromatic carbocycles. The molecule has 0 aliphatic carbocycles. The molecular formula is C10H10BrFN2O. The van der Waals surface area contributed by atoms with Gasteiger partial charge in [-0.1, -0.05) is 0 Å². The van der Waals surface area contributed by atoms with Gasteiger partial charge in [0.15, 0.2) is 0 Å². The van der Waals surface area contributed by atoms with Gasteiger partial charge in [-0.3, -0.25) is 4.79 Å². The number of benzene rings is 1. The van der Waals surface area contributed by atoms with Crippen LogP contribution in [0.5, 0.6) is 0 Å². The summed E-state index contributed by atoms with van der Waals surface area (Å²) >= 11 is 3.32. The van der Waals surface area contributed by atoms with Gasteiger partial charge in [0.25, 0.3) is 0 Å². The van der Waals surface area contributed by atoms with Crippen molar-refractivity contribution in [1.82, 2.24) is 0 Å². The highest BCUT2D eigenvalue weighted by molar-refractivity contribution is 9.10. The molecule has 1 aliphatic heterocycles. The van der Waals surface area contributed by atoms with Gasteiger partial charge in [-0.15, -0.1) is 0 Å². The second-order valence-electron chi connectivity index (χ2n) is 3.58. The average molecular weight is 273 g/mol. The Kier molecular flexibility index (Phi) is 2.65. The maximum Gasteiger partial charge on any atom is 0.226 e. The van der Waals surface area contributed by atoms with Crippen molar-refractivity contribution in [3.8, 4) is 0 Å². The van der Waals surface area contributed by atoms with Crippen molar-refractivity contribution in [3.63, 3.8) is 0 Å². The Morgan fingerprint density at radius 2 is 2.20 bits per heavy atom. The zero-order valence-corrected chi connectivity index (χ0v) is 9.69. The number of carbonyl (C=O) groups is 1. The Bertz CT molecular complexity index is 422. The van der Waals surface area contributed by atoms with Crippen molar-refractivity contribution in [2.75, 3.05) is 10.6 Å². The van der Waals surface area contributed by atoms with E-state index in [1.807, 2.05) is 6.92 Å². The standard InChI is InChI=1S/C10H10BrFN2O/c1-5-4-8(15)14-10-7(12)3-2-6(11)9(10)13-5/h2-3,5,13H,4H2,1H3,(H,14,15)/t5-/m1/s1. The monoisotopic (exact) mass is 272 g/mol. The van der Waals surface area contributed by atoms with E-state index in [0.717, 1.165) is 4.47 Å². The highest BCUT2D eigenvalue weighted by Crippen LogP contribution is 2.35. The van der Waals surface area contributed by atoms with E-state index in [4.69, 9.17) is 0 Å². The summed E-state index contributed by atoms with van der Waals surface area (Å²) in [5, 5.41) is 5.65. The predicted octanol–water partition coefficient (Wildman–Crippen LogP) is 2.73. The molecule has 2 N–H and O–H groups in total. The topological polar surface area (TPSA) is 41.1 Å². The Labute approximate surface area is 95.2 Å². The lowest BCUT2D eigenvalue weighted by atomic mass is 10.2. The van der Waals surface area contributed by atoms with Gasteiger partial charge >= 0.3 is 0 Å². The highest BCUT2D eigenvalue weighted by Gasteiger charge is 2.21. The quantitative estimate of drug-likeness (QED) is 0.763. The predicted molar refractivity (Wildman–Crippen MR) is 60.4 cm³/mol. The van der Waals surface area contributed by atoms with Gasteiger partial charge in [-0.2, -0.15) is 0 Å². The van der Waals surface area contributed by atoms with Gasteiger partial charge in [0, 0.05) is 16.9 Å². The summed E-state index contributed by atoms with van der Waals surface area (Å²) < 4.78 is 14.2. The third kappa shape index (κ3) is 1.97. The number of nitrogens with one attached hydrogen (secondary N) is 2. The molecule has 1 atom stereocenters. The second-order valence-corrected chi connectivity index (χ2v) is 4.43. The molecule has 1 aliphatic rings. The zero-order chi connectivity index (χ0) is 11.0. The summed E-state index contributed by atoms with van der Waals surface area (Å²) in [6.45, 7) is 1.88. The van der Waals surface area contributed by atoms with Gasteiger partial charge in [-0.25, -0.2) is 4.39 Å². The van der Waals surface area contributed by atoms with E-state index in [1.165, 1.54) is 6.07 Å². The molecule has 1 amide bonds. The third-order valence-electron chi connectivity index (χ3n) is 2.25. The van der Waals surface area contributed by atoms with Crippen LogP contribution in [0, 0.1) is 5.82 Å². The molecule has 2 rings (SSSR count). The Morgan fingerprint density at radius 1 is 1.47 bits per heavy atom. The largest absolute Gasteiger partial charge is 0.379 e. The maximum absolute atomic E-state index is 13.5. The van der Waals surface area contributed by atoms with Crippen LogP contribution in [0.15, 0.2) is 16.6 Å². The van der Waals surface area contributed by atoms with Crippen molar-refractivity contribution in [3.05, 3.63) is 22.4 Å². The van der Waals surface area contributed by atoms with Gasteiger partial charge < -0.3 is 10.6 Å². The number of hydrogen-bond donors (Lipinski definition) is 2. The van der Waals surface area contributed by atoms with E-state index >= 15 is 0 Å². The summed E-state index contributed by atoms with van der Waals surface area (Å²) in [7, 11) is 0. The molecule has 3 nitrogen and oxygen atoms in total. The number of halogens is 2. The smallest absolute Gasteiger partial charge is 0.226 e. The first-order chi connectivity index (χ1) is 7.08. The SMILES string of the molecule is C[C@@H]1CC(=O)Nc2c(F)ccc(Br)c2N1. The molecule has 15 heavy (non-hydrogen) atoms. The minimum atomic E-state index is -0.428. The molecule has 1 aromatic rings. The van der Waals surface area contributed by atoms with E-state index < -0.39 is 5.82 Å². The van der Waals surface area contributed by atoms with Crippen LogP contribution in [-0.2, 0) is 4.79 Å². The molecule has 0 unspecified atom stereocenters. The fourth-order valence-electron chi connectivity index (χ4n) is 1.58. The van der Waals surface area contributed by atoms with Gasteiger partial charge in [-0.05, 0) is 35.0 Å². The van der Waals surface area contributed by atoms with Crippen molar-refractivity contribution < 1.29 is 9.18 Å². The van der Waals surface area contributed by atoms with Crippen LogP contribution >= 0.6 is 15.9 Å². The lowest BCUT2D eigenvalue weighted by molar-refractivity contribution is -0.116. The normalized spacial score (nSPS) is 19.9. The minimum absolute atomic E-state index is 0.00986. The molecule has 0 saturated heterocycles. The summed E-state index contributed by atoms with van der Waals surface area (Å²) in [6, 6.07) is 2.93. The fraction of sp³-hybridized carbons (Fsp3) is 0.300. The first-order valence-corrected chi connectivity index (χ1v) is 5.41. The number of hydrogen-bond acceptors (Lipinski definition) is 2. The Balaban J connectivity index is 2.54. The third-order valence-corrected chi connectivity index (χ3v) is 2.91. The van der Waals surface area contributed by atoms with E-state index in [-0.39, 0.29) is 17.6 Å². The van der Waals surface area contributed by atoms with E-state index in [2.05, 4.69) is 26.6 Å². The van der Waals surface area contributed by atoms with Crippen LogP contribution < -0.4 is 10.6 Å². The molecule has 0 radical (unpaired) electrons. The van der Waals surface area contributed by atoms with Gasteiger partial charge in [0.05, 0.1) is 5.69 Å². The van der Waals surface area contributed by atoms with E-state index in [1.54, 1.807) is 6.07 Å². The summed E-state index contributed by atoms with van der Waals surface area (Å²) in [6.07, 6.45) is 0.334. The number of anilines is 2. The number of rotatable bonds is 0. The van der Waals surface area contributed by atoms with Crippen molar-refractivity contribution >= 4 is 33.2 Å². The second kappa shape index (κ2) is 3.81. The fourth-order valence-corrected chi connectivity index (χ4v) is 2.03. The molecule has 0 bridgehead atoms. The van der Waals surface area contributed by atoms with Crippen molar-refractivity contribution in [1.29, 1.82) is 0 Å². The Hall–Kier alpha value is -1.10. The molecule has 5 heteroatoms. The molecule has 1 heterocycles. The van der Waals surface area contributed by atoms with E-state index in [0.29, 0.717) is 12.1 Å². The number of fused-ring (bicyclic) bond motifs is 1. The molecule has 0 saturated carbocycles. The molecular weight excluding hydrogens is 263 g/mol. The lowest BCUT2D eigenvalue weighted by Gasteiger charge is -2.13. The summed E-state index contributed by atoms with van der Waals surface area (Å²) in [5.74, 6) is -0.603. The van der Waals surface area contributed by atoms with Crippen LogP contribution in [0.3, 0.4) is 0 Å². The van der Waals surface area contributed by atoms with Crippen LogP contribution in [0.4, 0.5) is 15.8 Å². The highest BCUT2D eigenvalue weighted by atomic mass is 79.9. The van der Waals surface area contributed by atoms with Crippen LogP contribution in [0.25, 0.3) is 0 Å².